The number of aromatic carboxylic acids is 1. The van der Waals surface area contributed by atoms with Gasteiger partial charge in [-0.25, -0.2) is 9.78 Å². The van der Waals surface area contributed by atoms with Gasteiger partial charge in [-0.3, -0.25) is 10.1 Å². The number of hydrogen-bond acceptors (Lipinski definition) is 4. The van der Waals surface area contributed by atoms with Crippen LogP contribution in [0.15, 0.2) is 16.7 Å². The fourth-order valence-electron chi connectivity index (χ4n) is 0.761. The molecule has 0 spiro atoms. The quantitative estimate of drug-likeness (QED) is 0.630. The lowest BCUT2D eigenvalue weighted by Crippen LogP contribution is -2.05. The van der Waals surface area contributed by atoms with E-state index in [9.17, 15) is 14.9 Å². The Labute approximate surface area is 80.5 Å². The molecule has 1 aromatic rings. The fourth-order valence-corrected chi connectivity index (χ4v) is 1.21. The third kappa shape index (κ3) is 1.81. The molecule has 0 aliphatic rings. The van der Waals surface area contributed by atoms with Gasteiger partial charge in [0.2, 0.25) is 5.69 Å². The topological polar surface area (TPSA) is 93.3 Å². The number of halogens is 1. The van der Waals surface area contributed by atoms with Crippen LogP contribution in [-0.2, 0) is 0 Å². The molecular weight excluding hydrogens is 244 g/mol. The molecule has 6 nitrogen and oxygen atoms in total. The highest BCUT2D eigenvalue weighted by molar-refractivity contribution is 9.10. The maximum atomic E-state index is 10.5. The van der Waals surface area contributed by atoms with Crippen LogP contribution in [0.4, 0.5) is 5.69 Å². The Bertz CT molecular complexity index is 379. The molecule has 7 heteroatoms. The van der Waals surface area contributed by atoms with E-state index in [1.165, 1.54) is 12.3 Å². The summed E-state index contributed by atoms with van der Waals surface area (Å²) >= 11 is 2.87. The Hall–Kier alpha value is -1.50. The largest absolute Gasteiger partial charge is 0.476 e. The second-order valence-corrected chi connectivity index (χ2v) is 2.91. The van der Waals surface area contributed by atoms with Gasteiger partial charge in [0, 0.05) is 6.20 Å². The minimum atomic E-state index is -1.42. The van der Waals surface area contributed by atoms with E-state index < -0.39 is 22.3 Å². The molecule has 0 aliphatic carbocycles. The molecular formula is C6H3BrN2O4. The highest BCUT2D eigenvalue weighted by Gasteiger charge is 2.24. The van der Waals surface area contributed by atoms with Crippen LogP contribution in [0.1, 0.15) is 10.5 Å². The van der Waals surface area contributed by atoms with Crippen LogP contribution in [0.25, 0.3) is 0 Å². The third-order valence-electron chi connectivity index (χ3n) is 1.26. The van der Waals surface area contributed by atoms with Gasteiger partial charge in [0.05, 0.1) is 9.40 Å². The first-order valence-corrected chi connectivity index (χ1v) is 3.85. The van der Waals surface area contributed by atoms with E-state index in [0.717, 1.165) is 0 Å². The van der Waals surface area contributed by atoms with Crippen LogP contribution >= 0.6 is 15.9 Å². The standard InChI is InChI=1S/C6H3BrN2O4/c7-3-1-2-8-4(6(10)11)5(3)9(12)13/h1-2H,(H,10,11). The molecule has 0 atom stereocenters. The summed E-state index contributed by atoms with van der Waals surface area (Å²) in [6.45, 7) is 0. The summed E-state index contributed by atoms with van der Waals surface area (Å²) < 4.78 is 0.102. The van der Waals surface area contributed by atoms with Gasteiger partial charge >= 0.3 is 11.7 Å². The van der Waals surface area contributed by atoms with Gasteiger partial charge in [0.15, 0.2) is 0 Å². The van der Waals surface area contributed by atoms with Crippen LogP contribution in [0.2, 0.25) is 0 Å². The zero-order valence-electron chi connectivity index (χ0n) is 6.10. The summed E-state index contributed by atoms with van der Waals surface area (Å²) in [5.41, 5.74) is -1.10. The van der Waals surface area contributed by atoms with Crippen molar-refractivity contribution in [3.63, 3.8) is 0 Å². The number of carboxylic acids is 1. The summed E-state index contributed by atoms with van der Waals surface area (Å²) in [6.07, 6.45) is 1.18. The summed E-state index contributed by atoms with van der Waals surface area (Å²) in [6, 6.07) is 1.31. The van der Waals surface area contributed by atoms with E-state index in [1.54, 1.807) is 0 Å². The zero-order chi connectivity index (χ0) is 10.0. The van der Waals surface area contributed by atoms with Crippen molar-refractivity contribution in [1.82, 2.24) is 4.98 Å². The SMILES string of the molecule is O=C(O)c1nccc(Br)c1[N+](=O)[O-]. The number of aromatic nitrogens is 1. The first kappa shape index (κ1) is 9.59. The van der Waals surface area contributed by atoms with Gasteiger partial charge in [-0.15, -0.1) is 0 Å². The van der Waals surface area contributed by atoms with Crippen molar-refractivity contribution in [2.24, 2.45) is 0 Å². The van der Waals surface area contributed by atoms with Gasteiger partial charge in [0.1, 0.15) is 0 Å². The van der Waals surface area contributed by atoms with Gasteiger partial charge in [-0.2, -0.15) is 0 Å². The van der Waals surface area contributed by atoms with Crippen molar-refractivity contribution in [2.45, 2.75) is 0 Å². The molecule has 0 amide bonds. The summed E-state index contributed by atoms with van der Waals surface area (Å²) in [4.78, 5) is 23.5. The van der Waals surface area contributed by atoms with E-state index in [4.69, 9.17) is 5.11 Å². The van der Waals surface area contributed by atoms with E-state index in [-0.39, 0.29) is 4.47 Å². The van der Waals surface area contributed by atoms with Crippen LogP contribution in [0, 0.1) is 10.1 Å². The Kier molecular flexibility index (Phi) is 2.57. The summed E-state index contributed by atoms with van der Waals surface area (Å²) in [7, 11) is 0. The van der Waals surface area contributed by atoms with Gasteiger partial charge in [-0.1, -0.05) is 0 Å². The number of hydrogen-bond donors (Lipinski definition) is 1. The molecule has 1 heterocycles. The maximum absolute atomic E-state index is 10.5. The van der Waals surface area contributed by atoms with Gasteiger partial charge < -0.3 is 5.11 Å². The number of carbonyl (C=O) groups is 1. The average Bonchev–Trinajstić information content (AvgIpc) is 2.02. The Morgan fingerprint density at radius 2 is 2.31 bits per heavy atom. The molecule has 0 unspecified atom stereocenters. The van der Waals surface area contributed by atoms with Crippen LogP contribution in [0.3, 0.4) is 0 Å². The Morgan fingerprint density at radius 1 is 1.69 bits per heavy atom. The number of nitrogens with zero attached hydrogens (tertiary/aromatic N) is 2. The van der Waals surface area contributed by atoms with E-state index in [1.807, 2.05) is 0 Å². The van der Waals surface area contributed by atoms with Crippen LogP contribution in [-0.4, -0.2) is 21.0 Å². The molecule has 1 rings (SSSR count). The Balaban J connectivity index is 3.43. The van der Waals surface area contributed by atoms with Gasteiger partial charge in [0.25, 0.3) is 0 Å². The fraction of sp³-hybridized carbons (Fsp3) is 0. The van der Waals surface area contributed by atoms with E-state index in [0.29, 0.717) is 0 Å². The van der Waals surface area contributed by atoms with E-state index >= 15 is 0 Å². The first-order chi connectivity index (χ1) is 6.04. The normalized spacial score (nSPS) is 9.62. The predicted octanol–water partition coefficient (Wildman–Crippen LogP) is 1.45. The Morgan fingerprint density at radius 3 is 2.69 bits per heavy atom. The van der Waals surface area contributed by atoms with Gasteiger partial charge in [-0.05, 0) is 22.0 Å². The molecule has 0 fully saturated rings. The monoisotopic (exact) mass is 246 g/mol. The molecule has 0 aliphatic heterocycles. The van der Waals surface area contributed by atoms with Crippen molar-refractivity contribution in [1.29, 1.82) is 0 Å². The summed E-state index contributed by atoms with van der Waals surface area (Å²) in [5, 5.41) is 19.0. The summed E-state index contributed by atoms with van der Waals surface area (Å²) in [5.74, 6) is -1.42. The lowest BCUT2D eigenvalue weighted by molar-refractivity contribution is -0.386. The molecule has 0 aromatic carbocycles. The second kappa shape index (κ2) is 3.48. The molecule has 68 valence electrons. The number of nitro groups is 1. The van der Waals surface area contributed by atoms with Crippen molar-refractivity contribution in [3.8, 4) is 0 Å². The number of carboxylic acid groups (broad SMARTS) is 1. The second-order valence-electron chi connectivity index (χ2n) is 2.05. The number of rotatable bonds is 2. The highest BCUT2D eigenvalue weighted by atomic mass is 79.9. The van der Waals surface area contributed by atoms with Crippen molar-refractivity contribution in [2.75, 3.05) is 0 Å². The average molecular weight is 247 g/mol. The van der Waals surface area contributed by atoms with Crippen molar-refractivity contribution < 1.29 is 14.8 Å². The predicted molar refractivity (Wildman–Crippen MR) is 45.6 cm³/mol. The molecule has 1 aromatic heterocycles. The third-order valence-corrected chi connectivity index (χ3v) is 1.90. The lowest BCUT2D eigenvalue weighted by Gasteiger charge is -1.97. The van der Waals surface area contributed by atoms with Crippen LogP contribution in [0.5, 0.6) is 0 Å². The molecule has 0 bridgehead atoms. The molecule has 0 saturated carbocycles. The van der Waals surface area contributed by atoms with Crippen LogP contribution < -0.4 is 0 Å². The lowest BCUT2D eigenvalue weighted by atomic mass is 10.3. The first-order valence-electron chi connectivity index (χ1n) is 3.06. The highest BCUT2D eigenvalue weighted by Crippen LogP contribution is 2.26. The molecule has 1 N–H and O–H groups in total. The molecule has 0 radical (unpaired) electrons. The zero-order valence-corrected chi connectivity index (χ0v) is 7.69. The molecule has 13 heavy (non-hydrogen) atoms. The van der Waals surface area contributed by atoms with Crippen molar-refractivity contribution in [3.05, 3.63) is 32.5 Å². The minimum absolute atomic E-state index is 0.102. The smallest absolute Gasteiger partial charge is 0.361 e. The van der Waals surface area contributed by atoms with Crippen molar-refractivity contribution >= 4 is 27.6 Å². The number of pyridine rings is 1. The minimum Gasteiger partial charge on any atom is -0.476 e. The van der Waals surface area contributed by atoms with E-state index in [2.05, 4.69) is 20.9 Å². The maximum Gasteiger partial charge on any atom is 0.361 e. The molecule has 0 saturated heterocycles.